The lowest BCUT2D eigenvalue weighted by molar-refractivity contribution is -0.126. The Balaban J connectivity index is 1.66. The van der Waals surface area contributed by atoms with Gasteiger partial charge in [-0.05, 0) is 62.4 Å². The van der Waals surface area contributed by atoms with Gasteiger partial charge >= 0.3 is 0 Å². The number of benzene rings is 1. The van der Waals surface area contributed by atoms with Gasteiger partial charge in [-0.15, -0.1) is 11.3 Å². The number of thiophene rings is 1. The van der Waals surface area contributed by atoms with Crippen molar-refractivity contribution in [1.29, 1.82) is 0 Å². The smallest absolute Gasteiger partial charge is 0.267 e. The summed E-state index contributed by atoms with van der Waals surface area (Å²) in [6.07, 6.45) is 3.82. The monoisotopic (exact) mass is 441 g/mol. The molecule has 1 aliphatic heterocycles. The van der Waals surface area contributed by atoms with Crippen molar-refractivity contribution in [2.75, 3.05) is 20.2 Å². The second kappa shape index (κ2) is 7.74. The molecule has 30 heavy (non-hydrogen) atoms. The fraction of sp³-hybridized carbons (Fsp3) is 0.409. The zero-order valence-electron chi connectivity index (χ0n) is 17.0. The van der Waals surface area contributed by atoms with Gasteiger partial charge in [0.05, 0.1) is 22.9 Å². The van der Waals surface area contributed by atoms with E-state index in [1.807, 2.05) is 38.2 Å². The maximum absolute atomic E-state index is 13.7. The lowest BCUT2D eigenvalue weighted by Crippen LogP contribution is -2.26. The van der Waals surface area contributed by atoms with Crippen LogP contribution in [0.5, 0.6) is 5.75 Å². The first kappa shape index (κ1) is 19.6. The summed E-state index contributed by atoms with van der Waals surface area (Å²) in [5, 5.41) is 1.13. The number of aryl methyl sites for hydroxylation is 2. The molecule has 1 fully saturated rings. The third-order valence-electron chi connectivity index (χ3n) is 5.74. The quantitative estimate of drug-likeness (QED) is 0.566. The summed E-state index contributed by atoms with van der Waals surface area (Å²) in [6.45, 7) is 3.27. The van der Waals surface area contributed by atoms with Crippen LogP contribution in [0.2, 0.25) is 0 Å². The Morgan fingerprint density at radius 2 is 2.03 bits per heavy atom. The van der Waals surface area contributed by atoms with E-state index < -0.39 is 0 Å². The Bertz CT molecular complexity index is 1180. The molecule has 0 saturated carbocycles. The highest BCUT2D eigenvalue weighted by Gasteiger charge is 2.32. The van der Waals surface area contributed by atoms with Gasteiger partial charge < -0.3 is 9.64 Å². The highest BCUT2D eigenvalue weighted by molar-refractivity contribution is 8.00. The molecule has 1 amide bonds. The van der Waals surface area contributed by atoms with E-state index in [1.54, 1.807) is 20.8 Å². The molecular weight excluding hydrogens is 418 g/mol. The van der Waals surface area contributed by atoms with Crippen LogP contribution < -0.4 is 10.3 Å². The first-order chi connectivity index (χ1) is 14.6. The molecule has 1 saturated heterocycles. The first-order valence-corrected chi connectivity index (χ1v) is 12.0. The second-order valence-electron chi connectivity index (χ2n) is 7.65. The van der Waals surface area contributed by atoms with Gasteiger partial charge in [0.15, 0.2) is 5.16 Å². The van der Waals surface area contributed by atoms with Crippen molar-refractivity contribution in [2.45, 2.75) is 43.0 Å². The maximum atomic E-state index is 13.7. The Hall–Kier alpha value is -2.32. The summed E-state index contributed by atoms with van der Waals surface area (Å²) < 4.78 is 7.23. The van der Waals surface area contributed by atoms with Crippen molar-refractivity contribution >= 4 is 39.2 Å². The van der Waals surface area contributed by atoms with Gasteiger partial charge in [0.25, 0.3) is 5.56 Å². The third-order valence-corrected chi connectivity index (χ3v) is 8.13. The second-order valence-corrected chi connectivity index (χ2v) is 9.91. The third kappa shape index (κ3) is 3.22. The Kier molecular flexibility index (Phi) is 5.06. The van der Waals surface area contributed by atoms with Crippen LogP contribution in [0, 0.1) is 0 Å². The summed E-state index contributed by atoms with van der Waals surface area (Å²) in [5.74, 6) is 0.864. The Morgan fingerprint density at radius 1 is 1.23 bits per heavy atom. The van der Waals surface area contributed by atoms with Crippen molar-refractivity contribution in [1.82, 2.24) is 14.5 Å². The minimum atomic E-state index is -0.208. The Labute approximate surface area is 182 Å². The van der Waals surface area contributed by atoms with Gasteiger partial charge in [0, 0.05) is 18.5 Å². The number of hydrogen-bond donors (Lipinski definition) is 0. The molecule has 5 rings (SSSR count). The van der Waals surface area contributed by atoms with E-state index in [9.17, 15) is 9.59 Å². The van der Waals surface area contributed by atoms with E-state index >= 15 is 0 Å². The predicted molar refractivity (Wildman–Crippen MR) is 120 cm³/mol. The van der Waals surface area contributed by atoms with Crippen LogP contribution >= 0.6 is 23.1 Å². The molecule has 8 heteroatoms. The van der Waals surface area contributed by atoms with Gasteiger partial charge in [0.2, 0.25) is 5.91 Å². The number of thioether (sulfide) groups is 1. The number of fused-ring (bicyclic) bond motifs is 3. The fourth-order valence-electron chi connectivity index (χ4n) is 4.22. The maximum Gasteiger partial charge on any atom is 0.267 e. The number of hydrogen-bond acceptors (Lipinski definition) is 6. The number of ether oxygens (including phenoxy) is 1. The highest BCUT2D eigenvalue weighted by Crippen LogP contribution is 2.37. The standard InChI is InChI=1S/C22H23N3O3S2/c1-3-28-14-9-7-13(8-10-14)25-21(27)18-15-5-4-6-16(15)29-19(18)23-22(25)30-17-11-12-24(2)20(17)26/h7-10,17H,3-6,11-12H2,1-2H3. The Morgan fingerprint density at radius 3 is 2.73 bits per heavy atom. The van der Waals surface area contributed by atoms with Gasteiger partial charge in [-0.3, -0.25) is 14.2 Å². The molecule has 0 spiro atoms. The van der Waals surface area contributed by atoms with Crippen molar-refractivity contribution in [3.8, 4) is 11.4 Å². The predicted octanol–water partition coefficient (Wildman–Crippen LogP) is 3.66. The molecule has 0 bridgehead atoms. The van der Waals surface area contributed by atoms with Crippen LogP contribution in [0.1, 0.15) is 30.2 Å². The van der Waals surface area contributed by atoms with Crippen molar-refractivity contribution in [3.63, 3.8) is 0 Å². The summed E-state index contributed by atoms with van der Waals surface area (Å²) in [6, 6.07) is 7.52. The van der Waals surface area contributed by atoms with Crippen molar-refractivity contribution in [2.24, 2.45) is 0 Å². The number of carbonyl (C=O) groups is 1. The number of likely N-dealkylation sites (tertiary alicyclic amines) is 1. The van der Waals surface area contributed by atoms with E-state index in [0.29, 0.717) is 11.8 Å². The molecule has 1 aliphatic carbocycles. The number of nitrogens with zero attached hydrogens (tertiary/aromatic N) is 3. The van der Waals surface area contributed by atoms with Crippen LogP contribution in [0.15, 0.2) is 34.2 Å². The summed E-state index contributed by atoms with van der Waals surface area (Å²) >= 11 is 3.04. The molecule has 0 N–H and O–H groups in total. The van der Waals surface area contributed by atoms with Crippen molar-refractivity contribution in [3.05, 3.63) is 45.1 Å². The van der Waals surface area contributed by atoms with Gasteiger partial charge in [-0.25, -0.2) is 4.98 Å². The van der Waals surface area contributed by atoms with E-state index in [4.69, 9.17) is 9.72 Å². The zero-order chi connectivity index (χ0) is 20.8. The van der Waals surface area contributed by atoms with Gasteiger partial charge in [-0.2, -0.15) is 0 Å². The molecule has 0 radical (unpaired) electrons. The van der Waals surface area contributed by atoms with Crippen LogP contribution in [0.25, 0.3) is 15.9 Å². The van der Waals surface area contributed by atoms with Crippen LogP contribution in [-0.4, -0.2) is 45.8 Å². The van der Waals surface area contributed by atoms with Crippen LogP contribution in [0.4, 0.5) is 0 Å². The molecule has 3 aromatic rings. The number of rotatable bonds is 5. The van der Waals surface area contributed by atoms with E-state index in [0.717, 1.165) is 53.9 Å². The molecule has 2 aliphatic rings. The number of carbonyl (C=O) groups excluding carboxylic acids is 1. The molecule has 3 heterocycles. The van der Waals surface area contributed by atoms with Gasteiger partial charge in [-0.1, -0.05) is 11.8 Å². The lowest BCUT2D eigenvalue weighted by Gasteiger charge is -2.15. The molecule has 6 nitrogen and oxygen atoms in total. The molecule has 1 aromatic carbocycles. The molecule has 156 valence electrons. The minimum Gasteiger partial charge on any atom is -0.494 e. The van der Waals surface area contributed by atoms with E-state index in [2.05, 4.69) is 0 Å². The largest absolute Gasteiger partial charge is 0.494 e. The van der Waals surface area contributed by atoms with Crippen LogP contribution in [0.3, 0.4) is 0 Å². The van der Waals surface area contributed by atoms with Crippen LogP contribution in [-0.2, 0) is 17.6 Å². The van der Waals surface area contributed by atoms with E-state index in [1.165, 1.54) is 22.2 Å². The SMILES string of the molecule is CCOc1ccc(-n2c(SC3CCN(C)C3=O)nc3sc4c(c3c2=O)CCC4)cc1. The topological polar surface area (TPSA) is 64.4 Å². The van der Waals surface area contributed by atoms with Gasteiger partial charge in [0.1, 0.15) is 10.6 Å². The number of amides is 1. The van der Waals surface area contributed by atoms with Crippen molar-refractivity contribution < 1.29 is 9.53 Å². The summed E-state index contributed by atoms with van der Waals surface area (Å²) in [5.41, 5.74) is 1.88. The average Bonchev–Trinajstić information content (AvgIpc) is 3.40. The summed E-state index contributed by atoms with van der Waals surface area (Å²) in [4.78, 5) is 34.9. The molecule has 1 unspecified atom stereocenters. The van der Waals surface area contributed by atoms with E-state index in [-0.39, 0.29) is 16.7 Å². The minimum absolute atomic E-state index is 0.0372. The lowest BCUT2D eigenvalue weighted by atomic mass is 10.2. The summed E-state index contributed by atoms with van der Waals surface area (Å²) in [7, 11) is 1.82. The zero-order valence-corrected chi connectivity index (χ0v) is 18.6. The highest BCUT2D eigenvalue weighted by atomic mass is 32.2. The fourth-order valence-corrected chi connectivity index (χ4v) is 6.72. The molecule has 2 aromatic heterocycles. The normalized spacial score (nSPS) is 18.4. The molecular formula is C22H23N3O3S2. The number of aromatic nitrogens is 2. The average molecular weight is 442 g/mol. The molecule has 1 atom stereocenters. The first-order valence-electron chi connectivity index (χ1n) is 10.3.